The summed E-state index contributed by atoms with van der Waals surface area (Å²) < 4.78 is 1.55. The molecule has 7 nitrogen and oxygen atoms in total. The third kappa shape index (κ3) is 4.13. The van der Waals surface area contributed by atoms with E-state index in [2.05, 4.69) is 20.5 Å². The van der Waals surface area contributed by atoms with Gasteiger partial charge in [-0.2, -0.15) is 0 Å². The molecule has 0 aliphatic heterocycles. The fraction of sp³-hybridized carbons (Fsp3) is 0.417. The maximum absolute atomic E-state index is 11.9. The third-order valence-electron chi connectivity index (χ3n) is 2.86. The Morgan fingerprint density at radius 3 is 2.84 bits per heavy atom. The molecule has 0 aliphatic rings. The number of hydrogen-bond acceptors (Lipinski definition) is 5. The van der Waals surface area contributed by atoms with Gasteiger partial charge in [0.25, 0.3) is 0 Å². The van der Waals surface area contributed by atoms with Gasteiger partial charge in [-0.25, -0.2) is 4.68 Å². The molecule has 0 unspecified atom stereocenters. The zero-order chi connectivity index (χ0) is 13.5. The van der Waals surface area contributed by atoms with Gasteiger partial charge in [0.05, 0.1) is 6.54 Å². The van der Waals surface area contributed by atoms with Gasteiger partial charge in [-0.15, -0.1) is 5.10 Å². The summed E-state index contributed by atoms with van der Waals surface area (Å²) in [6.07, 6.45) is 6.25. The Hall–Kier alpha value is -2.31. The molecule has 0 fully saturated rings. The number of aromatic nitrogens is 5. The molecular formula is C12H16N6O. The van der Waals surface area contributed by atoms with E-state index in [9.17, 15) is 4.79 Å². The van der Waals surface area contributed by atoms with Crippen molar-refractivity contribution in [1.82, 2.24) is 30.1 Å². The second-order valence-corrected chi connectivity index (χ2v) is 4.24. The van der Waals surface area contributed by atoms with Crippen molar-refractivity contribution in [3.05, 3.63) is 36.4 Å². The zero-order valence-corrected chi connectivity index (χ0v) is 10.8. The van der Waals surface area contributed by atoms with E-state index in [-0.39, 0.29) is 5.91 Å². The summed E-state index contributed by atoms with van der Waals surface area (Å²) in [5.41, 5.74) is 1.18. The minimum absolute atomic E-state index is 0.0876. The summed E-state index contributed by atoms with van der Waals surface area (Å²) >= 11 is 0. The molecule has 0 aliphatic carbocycles. The maximum atomic E-state index is 11.9. The molecule has 0 spiro atoms. The summed E-state index contributed by atoms with van der Waals surface area (Å²) in [5, 5.41) is 10.8. The Bertz CT molecular complexity index is 498. The van der Waals surface area contributed by atoms with Gasteiger partial charge < -0.3 is 4.90 Å². The first-order valence-electron chi connectivity index (χ1n) is 6.09. The predicted octanol–water partition coefficient (Wildman–Crippen LogP) is 0.159. The number of nitrogens with zero attached hydrogens (tertiary/aromatic N) is 6. The molecule has 2 heterocycles. The predicted molar refractivity (Wildman–Crippen MR) is 68.0 cm³/mol. The molecule has 0 radical (unpaired) electrons. The van der Waals surface area contributed by atoms with Crippen LogP contribution in [-0.2, 0) is 17.8 Å². The van der Waals surface area contributed by atoms with Crippen LogP contribution < -0.4 is 0 Å². The van der Waals surface area contributed by atoms with Crippen LogP contribution in [0.2, 0.25) is 0 Å². The highest BCUT2D eigenvalue weighted by Crippen LogP contribution is 2.00. The van der Waals surface area contributed by atoms with Crippen molar-refractivity contribution in [3.8, 4) is 0 Å². The van der Waals surface area contributed by atoms with Crippen molar-refractivity contribution in [2.24, 2.45) is 0 Å². The second kappa shape index (κ2) is 6.58. The van der Waals surface area contributed by atoms with Crippen LogP contribution in [-0.4, -0.2) is 49.6 Å². The topological polar surface area (TPSA) is 76.8 Å². The van der Waals surface area contributed by atoms with E-state index in [0.717, 1.165) is 6.42 Å². The Labute approximate surface area is 111 Å². The standard InChI is InChI=1S/C12H16N6O/c1-17(8-4-11-2-6-13-7-3-11)12(19)5-9-18-10-14-15-16-18/h2-3,6-7,10H,4-5,8-9H2,1H3. The van der Waals surface area contributed by atoms with Gasteiger partial charge in [0, 0.05) is 32.4 Å². The fourth-order valence-corrected chi connectivity index (χ4v) is 1.65. The van der Waals surface area contributed by atoms with E-state index in [1.54, 1.807) is 22.0 Å². The number of pyridine rings is 1. The third-order valence-corrected chi connectivity index (χ3v) is 2.86. The average molecular weight is 260 g/mol. The van der Waals surface area contributed by atoms with Crippen molar-refractivity contribution in [3.63, 3.8) is 0 Å². The zero-order valence-electron chi connectivity index (χ0n) is 10.8. The molecule has 0 atom stereocenters. The summed E-state index contributed by atoms with van der Waals surface area (Å²) in [7, 11) is 1.81. The van der Waals surface area contributed by atoms with E-state index < -0.39 is 0 Å². The maximum Gasteiger partial charge on any atom is 0.224 e. The van der Waals surface area contributed by atoms with Crippen LogP contribution in [0.4, 0.5) is 0 Å². The van der Waals surface area contributed by atoms with E-state index in [0.29, 0.717) is 19.5 Å². The van der Waals surface area contributed by atoms with Crippen molar-refractivity contribution in [2.75, 3.05) is 13.6 Å². The highest BCUT2D eigenvalue weighted by Gasteiger charge is 2.09. The molecule has 7 heteroatoms. The smallest absolute Gasteiger partial charge is 0.224 e. The lowest BCUT2D eigenvalue weighted by Gasteiger charge is -2.16. The van der Waals surface area contributed by atoms with Crippen molar-refractivity contribution >= 4 is 5.91 Å². The molecule has 2 aromatic heterocycles. The minimum Gasteiger partial charge on any atom is -0.345 e. The van der Waals surface area contributed by atoms with Gasteiger partial charge in [0.15, 0.2) is 0 Å². The van der Waals surface area contributed by atoms with E-state index in [1.807, 2.05) is 19.2 Å². The van der Waals surface area contributed by atoms with Crippen LogP contribution in [0.5, 0.6) is 0 Å². The van der Waals surface area contributed by atoms with Crippen LogP contribution in [0, 0.1) is 0 Å². The normalized spacial score (nSPS) is 10.4. The van der Waals surface area contributed by atoms with Gasteiger partial charge in [0.1, 0.15) is 6.33 Å². The fourth-order valence-electron chi connectivity index (χ4n) is 1.65. The minimum atomic E-state index is 0.0876. The van der Waals surface area contributed by atoms with Crippen LogP contribution in [0.3, 0.4) is 0 Å². The Morgan fingerprint density at radius 1 is 1.37 bits per heavy atom. The van der Waals surface area contributed by atoms with Gasteiger partial charge in [-0.1, -0.05) is 0 Å². The Morgan fingerprint density at radius 2 is 2.16 bits per heavy atom. The molecule has 1 amide bonds. The molecule has 0 bridgehead atoms. The van der Waals surface area contributed by atoms with Crippen LogP contribution >= 0.6 is 0 Å². The van der Waals surface area contributed by atoms with Gasteiger partial charge >= 0.3 is 0 Å². The number of likely N-dealkylation sites (N-methyl/N-ethyl adjacent to an activating group) is 1. The van der Waals surface area contributed by atoms with Crippen molar-refractivity contribution in [1.29, 1.82) is 0 Å². The Kier molecular flexibility index (Phi) is 4.54. The highest BCUT2D eigenvalue weighted by atomic mass is 16.2. The van der Waals surface area contributed by atoms with E-state index >= 15 is 0 Å². The van der Waals surface area contributed by atoms with Crippen LogP contribution in [0.1, 0.15) is 12.0 Å². The monoisotopic (exact) mass is 260 g/mol. The summed E-state index contributed by atoms with van der Waals surface area (Å²) in [6.45, 7) is 1.20. The molecule has 0 saturated carbocycles. The van der Waals surface area contributed by atoms with Gasteiger partial charge in [0.2, 0.25) is 5.91 Å². The number of amides is 1. The molecule has 0 saturated heterocycles. The average Bonchev–Trinajstić information content (AvgIpc) is 2.96. The number of aryl methyl sites for hydroxylation is 1. The number of tetrazole rings is 1. The van der Waals surface area contributed by atoms with Crippen LogP contribution in [0.25, 0.3) is 0 Å². The molecule has 100 valence electrons. The molecule has 0 N–H and O–H groups in total. The molecule has 0 aromatic carbocycles. The SMILES string of the molecule is CN(CCc1ccncc1)C(=O)CCn1cnnn1. The van der Waals surface area contributed by atoms with Gasteiger partial charge in [-0.05, 0) is 34.5 Å². The van der Waals surface area contributed by atoms with E-state index in [1.165, 1.54) is 11.9 Å². The first kappa shape index (κ1) is 13.1. The van der Waals surface area contributed by atoms with Crippen molar-refractivity contribution in [2.45, 2.75) is 19.4 Å². The summed E-state index contributed by atoms with van der Waals surface area (Å²) in [5.74, 6) is 0.0876. The Balaban J connectivity index is 1.73. The number of hydrogen-bond donors (Lipinski definition) is 0. The largest absolute Gasteiger partial charge is 0.345 e. The quantitative estimate of drug-likeness (QED) is 0.739. The lowest BCUT2D eigenvalue weighted by molar-refractivity contribution is -0.130. The summed E-state index contributed by atoms with van der Waals surface area (Å²) in [4.78, 5) is 17.6. The molecular weight excluding hydrogens is 244 g/mol. The summed E-state index contributed by atoms with van der Waals surface area (Å²) in [6, 6.07) is 3.92. The first-order valence-corrected chi connectivity index (χ1v) is 6.09. The molecule has 2 aromatic rings. The van der Waals surface area contributed by atoms with Crippen LogP contribution in [0.15, 0.2) is 30.9 Å². The first-order chi connectivity index (χ1) is 9.25. The van der Waals surface area contributed by atoms with E-state index in [4.69, 9.17) is 0 Å². The lowest BCUT2D eigenvalue weighted by atomic mass is 10.2. The number of carbonyl (C=O) groups is 1. The molecule has 2 rings (SSSR count). The second-order valence-electron chi connectivity index (χ2n) is 4.24. The van der Waals surface area contributed by atoms with Crippen molar-refractivity contribution < 1.29 is 4.79 Å². The lowest BCUT2D eigenvalue weighted by Crippen LogP contribution is -2.29. The molecule has 19 heavy (non-hydrogen) atoms. The highest BCUT2D eigenvalue weighted by molar-refractivity contribution is 5.75. The number of carbonyl (C=O) groups excluding carboxylic acids is 1. The number of rotatable bonds is 6. The van der Waals surface area contributed by atoms with Gasteiger partial charge in [-0.3, -0.25) is 9.78 Å².